The summed E-state index contributed by atoms with van der Waals surface area (Å²) in [7, 11) is 0. The second-order valence-electron chi connectivity index (χ2n) is 6.29. The van der Waals surface area contributed by atoms with Crippen LogP contribution in [-0.2, 0) is 17.6 Å². The topological polar surface area (TPSA) is 72.2 Å². The lowest BCUT2D eigenvalue weighted by molar-refractivity contribution is -0.111. The second kappa shape index (κ2) is 7.19. The van der Waals surface area contributed by atoms with Crippen molar-refractivity contribution >= 4 is 34.2 Å². The van der Waals surface area contributed by atoms with Crippen LogP contribution in [-0.4, -0.2) is 11.8 Å². The molecule has 6 heteroatoms. The van der Waals surface area contributed by atoms with E-state index in [0.29, 0.717) is 22.0 Å². The van der Waals surface area contributed by atoms with E-state index in [-0.39, 0.29) is 11.7 Å². The fourth-order valence-electron chi connectivity index (χ4n) is 3.00. The molecule has 3 rings (SSSR count). The highest BCUT2D eigenvalue weighted by Crippen LogP contribution is 2.39. The summed E-state index contributed by atoms with van der Waals surface area (Å²) in [6.45, 7) is 2.18. The molecule has 0 saturated heterocycles. The number of nitrogens with two attached hydrogens (primary N) is 1. The molecule has 0 aliphatic heterocycles. The Kier molecular flexibility index (Phi) is 4.99. The molecular weight excluding hydrogens is 339 g/mol. The molecule has 1 heterocycles. The van der Waals surface area contributed by atoms with Gasteiger partial charge < -0.3 is 11.1 Å². The van der Waals surface area contributed by atoms with E-state index in [1.807, 2.05) is 0 Å². The number of carbonyl (C=O) groups excluding carboxylic acids is 2. The Bertz CT molecular complexity index is 840. The summed E-state index contributed by atoms with van der Waals surface area (Å²) in [6.07, 6.45) is 5.68. The van der Waals surface area contributed by atoms with Crippen molar-refractivity contribution in [2.24, 2.45) is 11.7 Å². The number of fused-ring (bicyclic) bond motifs is 1. The van der Waals surface area contributed by atoms with Crippen molar-refractivity contribution in [3.63, 3.8) is 0 Å². The average molecular weight is 358 g/mol. The van der Waals surface area contributed by atoms with Gasteiger partial charge in [0.05, 0.1) is 5.56 Å². The second-order valence-corrected chi connectivity index (χ2v) is 7.40. The zero-order valence-electron chi connectivity index (χ0n) is 13.8. The van der Waals surface area contributed by atoms with Crippen LogP contribution in [0.15, 0.2) is 30.3 Å². The Morgan fingerprint density at radius 1 is 1.32 bits per heavy atom. The van der Waals surface area contributed by atoms with Gasteiger partial charge in [0.25, 0.3) is 5.91 Å². The van der Waals surface area contributed by atoms with Crippen molar-refractivity contribution in [3.05, 3.63) is 57.7 Å². The zero-order valence-corrected chi connectivity index (χ0v) is 14.7. The lowest BCUT2D eigenvalue weighted by Crippen LogP contribution is -2.18. The van der Waals surface area contributed by atoms with Crippen molar-refractivity contribution in [3.8, 4) is 0 Å². The number of hydrogen-bond donors (Lipinski definition) is 2. The van der Waals surface area contributed by atoms with Gasteiger partial charge in [-0.3, -0.25) is 9.59 Å². The number of carbonyl (C=O) groups is 2. The number of amides is 2. The highest BCUT2D eigenvalue weighted by atomic mass is 32.1. The first-order chi connectivity index (χ1) is 11.9. The summed E-state index contributed by atoms with van der Waals surface area (Å²) in [4.78, 5) is 25.2. The first-order valence-electron chi connectivity index (χ1n) is 8.13. The van der Waals surface area contributed by atoms with E-state index in [2.05, 4.69) is 12.2 Å². The van der Waals surface area contributed by atoms with E-state index in [1.54, 1.807) is 18.2 Å². The molecule has 1 atom stereocenters. The third-order valence-corrected chi connectivity index (χ3v) is 5.46. The highest BCUT2D eigenvalue weighted by Gasteiger charge is 2.26. The summed E-state index contributed by atoms with van der Waals surface area (Å²) in [5, 5.41) is 3.28. The maximum atomic E-state index is 12.9. The van der Waals surface area contributed by atoms with Gasteiger partial charge in [-0.05, 0) is 54.5 Å². The number of anilines is 1. The van der Waals surface area contributed by atoms with Crippen LogP contribution in [0.4, 0.5) is 9.39 Å². The van der Waals surface area contributed by atoms with Crippen LogP contribution < -0.4 is 11.1 Å². The molecule has 130 valence electrons. The molecule has 2 aromatic rings. The minimum atomic E-state index is -0.509. The van der Waals surface area contributed by atoms with Crippen LogP contribution >= 0.6 is 11.3 Å². The summed E-state index contributed by atoms with van der Waals surface area (Å²) in [5.41, 5.74) is 7.67. The fourth-order valence-corrected chi connectivity index (χ4v) is 4.42. The first-order valence-corrected chi connectivity index (χ1v) is 8.94. The third kappa shape index (κ3) is 3.96. The zero-order chi connectivity index (χ0) is 18.0. The highest BCUT2D eigenvalue weighted by molar-refractivity contribution is 7.17. The van der Waals surface area contributed by atoms with Crippen molar-refractivity contribution < 1.29 is 14.0 Å². The maximum absolute atomic E-state index is 12.9. The molecule has 4 nitrogen and oxygen atoms in total. The van der Waals surface area contributed by atoms with Crippen molar-refractivity contribution in [2.75, 3.05) is 5.32 Å². The third-order valence-electron chi connectivity index (χ3n) is 4.29. The molecule has 1 unspecified atom stereocenters. The predicted octanol–water partition coefficient (Wildman–Crippen LogP) is 3.76. The molecular formula is C19H19FN2O2S. The van der Waals surface area contributed by atoms with Gasteiger partial charge in [-0.25, -0.2) is 4.39 Å². The van der Waals surface area contributed by atoms with E-state index in [1.165, 1.54) is 29.5 Å². The monoisotopic (exact) mass is 358 g/mol. The van der Waals surface area contributed by atoms with Gasteiger partial charge in [-0.1, -0.05) is 19.1 Å². The Morgan fingerprint density at radius 3 is 2.72 bits per heavy atom. The largest absolute Gasteiger partial charge is 0.365 e. The standard InChI is InChI=1S/C19H19FN2O2S/c1-11-2-8-14-15(10-11)25-19(17(14)18(21)24)22-16(23)9-5-12-3-6-13(20)7-4-12/h3-7,9,11H,2,8,10H2,1H3,(H2,21,24)(H,22,23). The Hall–Kier alpha value is -2.47. The summed E-state index contributed by atoms with van der Waals surface area (Å²) in [6, 6.07) is 5.83. The number of hydrogen-bond acceptors (Lipinski definition) is 3. The van der Waals surface area contributed by atoms with Gasteiger partial charge in [-0.2, -0.15) is 0 Å². The van der Waals surface area contributed by atoms with Crippen LogP contribution in [0.5, 0.6) is 0 Å². The number of primary amides is 1. The normalized spacial score (nSPS) is 16.6. The van der Waals surface area contributed by atoms with Gasteiger partial charge in [0.1, 0.15) is 10.8 Å². The SMILES string of the molecule is CC1CCc2c(sc(NC(=O)C=Cc3ccc(F)cc3)c2C(N)=O)C1. The van der Waals surface area contributed by atoms with Crippen LogP contribution in [0.25, 0.3) is 6.08 Å². The van der Waals surface area contributed by atoms with Gasteiger partial charge >= 0.3 is 0 Å². The Morgan fingerprint density at radius 2 is 2.04 bits per heavy atom. The molecule has 1 aliphatic rings. The first kappa shape index (κ1) is 17.4. The number of rotatable bonds is 4. The summed E-state index contributed by atoms with van der Waals surface area (Å²) in [5.74, 6) is -0.622. The molecule has 0 fully saturated rings. The van der Waals surface area contributed by atoms with Gasteiger partial charge in [0, 0.05) is 11.0 Å². The predicted molar refractivity (Wildman–Crippen MR) is 98.1 cm³/mol. The maximum Gasteiger partial charge on any atom is 0.251 e. The molecule has 3 N–H and O–H groups in total. The average Bonchev–Trinajstić information content (AvgIpc) is 2.91. The Balaban J connectivity index is 1.79. The molecule has 0 saturated carbocycles. The molecule has 25 heavy (non-hydrogen) atoms. The fraction of sp³-hybridized carbons (Fsp3) is 0.263. The van der Waals surface area contributed by atoms with Gasteiger partial charge in [-0.15, -0.1) is 11.3 Å². The van der Waals surface area contributed by atoms with Crippen molar-refractivity contribution in [1.82, 2.24) is 0 Å². The van der Waals surface area contributed by atoms with E-state index < -0.39 is 5.91 Å². The minimum absolute atomic E-state index is 0.328. The van der Waals surface area contributed by atoms with Crippen LogP contribution in [0.2, 0.25) is 0 Å². The summed E-state index contributed by atoms with van der Waals surface area (Å²) < 4.78 is 12.9. The number of nitrogens with one attached hydrogen (secondary N) is 1. The molecule has 0 bridgehead atoms. The van der Waals surface area contributed by atoms with Crippen molar-refractivity contribution in [2.45, 2.75) is 26.2 Å². The van der Waals surface area contributed by atoms with Gasteiger partial charge in [0.2, 0.25) is 5.91 Å². The lowest BCUT2D eigenvalue weighted by atomic mass is 9.88. The van der Waals surface area contributed by atoms with Crippen LogP contribution in [0.1, 0.15) is 39.7 Å². The molecule has 1 aliphatic carbocycles. The van der Waals surface area contributed by atoms with Crippen molar-refractivity contribution in [1.29, 1.82) is 0 Å². The van der Waals surface area contributed by atoms with E-state index >= 15 is 0 Å². The Labute approximate surface area is 149 Å². The van der Waals surface area contributed by atoms with E-state index in [9.17, 15) is 14.0 Å². The molecule has 0 spiro atoms. The van der Waals surface area contributed by atoms with E-state index in [0.717, 1.165) is 29.7 Å². The smallest absolute Gasteiger partial charge is 0.251 e. The molecule has 1 aromatic heterocycles. The van der Waals surface area contributed by atoms with E-state index in [4.69, 9.17) is 5.73 Å². The van der Waals surface area contributed by atoms with Crippen LogP contribution in [0.3, 0.4) is 0 Å². The van der Waals surface area contributed by atoms with Crippen LogP contribution in [0, 0.1) is 11.7 Å². The quantitative estimate of drug-likeness (QED) is 0.817. The molecule has 0 radical (unpaired) electrons. The van der Waals surface area contributed by atoms with Gasteiger partial charge in [0.15, 0.2) is 0 Å². The number of halogens is 1. The minimum Gasteiger partial charge on any atom is -0.365 e. The lowest BCUT2D eigenvalue weighted by Gasteiger charge is -2.18. The number of thiophene rings is 1. The summed E-state index contributed by atoms with van der Waals surface area (Å²) >= 11 is 1.43. The number of benzene rings is 1. The molecule has 2 amide bonds. The molecule has 1 aromatic carbocycles.